The van der Waals surface area contributed by atoms with Crippen LogP contribution in [-0.2, 0) is 11.2 Å². The van der Waals surface area contributed by atoms with Crippen molar-refractivity contribution in [3.8, 4) is 0 Å². The third-order valence-electron chi connectivity index (χ3n) is 5.62. The second-order valence-corrected chi connectivity index (χ2v) is 7.81. The van der Waals surface area contributed by atoms with E-state index in [1.807, 2.05) is 17.0 Å². The molecule has 0 atom stereocenters. The molecule has 3 rings (SSSR count). The Morgan fingerprint density at radius 2 is 1.74 bits per heavy atom. The van der Waals surface area contributed by atoms with Crippen LogP contribution in [0.15, 0.2) is 24.3 Å². The number of ether oxygens (including phenoxy) is 1. The molecule has 5 heteroatoms. The molecule has 1 saturated heterocycles. The highest BCUT2D eigenvalue weighted by molar-refractivity contribution is 5.89. The summed E-state index contributed by atoms with van der Waals surface area (Å²) < 4.78 is 5.91. The first-order valence-corrected chi connectivity index (χ1v) is 10.8. The topological polar surface area (TPSA) is 53.6 Å². The molecule has 1 aliphatic carbocycles. The first kappa shape index (κ1) is 20.2. The molecular formula is C22H35N3O2. The van der Waals surface area contributed by atoms with Crippen LogP contribution in [0.3, 0.4) is 0 Å². The van der Waals surface area contributed by atoms with Gasteiger partial charge in [0, 0.05) is 38.5 Å². The van der Waals surface area contributed by atoms with Gasteiger partial charge in [-0.1, -0.05) is 37.8 Å². The maximum Gasteiger partial charge on any atom is 0.321 e. The fourth-order valence-corrected chi connectivity index (χ4v) is 3.91. The summed E-state index contributed by atoms with van der Waals surface area (Å²) in [5.41, 5.74) is 2.23. The summed E-state index contributed by atoms with van der Waals surface area (Å²) in [4.78, 5) is 14.1. The lowest BCUT2D eigenvalue weighted by molar-refractivity contribution is 0.0556. The number of urea groups is 1. The normalized spacial score (nSPS) is 18.0. The van der Waals surface area contributed by atoms with Gasteiger partial charge in [0.05, 0.1) is 6.10 Å². The van der Waals surface area contributed by atoms with E-state index in [4.69, 9.17) is 4.74 Å². The van der Waals surface area contributed by atoms with Gasteiger partial charge in [-0.15, -0.1) is 0 Å². The van der Waals surface area contributed by atoms with E-state index in [1.165, 1.54) is 56.9 Å². The molecule has 2 aliphatic rings. The molecule has 2 N–H and O–H groups in total. The number of hydrogen-bond acceptors (Lipinski definition) is 3. The molecule has 1 aliphatic heterocycles. The second-order valence-electron chi connectivity index (χ2n) is 7.81. The van der Waals surface area contributed by atoms with Gasteiger partial charge in [0.2, 0.25) is 0 Å². The number of anilines is 1. The maximum atomic E-state index is 12.2. The number of aryl methyl sites for hydroxylation is 1. The first-order chi connectivity index (χ1) is 13.3. The van der Waals surface area contributed by atoms with E-state index in [2.05, 4.69) is 22.8 Å². The highest BCUT2D eigenvalue weighted by Crippen LogP contribution is 2.21. The van der Waals surface area contributed by atoms with Crippen LogP contribution < -0.4 is 10.6 Å². The molecule has 1 saturated carbocycles. The van der Waals surface area contributed by atoms with Crippen LogP contribution in [0.5, 0.6) is 0 Å². The van der Waals surface area contributed by atoms with Gasteiger partial charge in [0.15, 0.2) is 0 Å². The number of carbonyl (C=O) groups excluding carboxylic acids is 1. The lowest BCUT2D eigenvalue weighted by atomic mass is 10.1. The molecule has 0 bridgehead atoms. The fourth-order valence-electron chi connectivity index (χ4n) is 3.91. The fraction of sp³-hybridized carbons (Fsp3) is 0.682. The third-order valence-corrected chi connectivity index (χ3v) is 5.62. The lowest BCUT2D eigenvalue weighted by Gasteiger charge is -2.27. The van der Waals surface area contributed by atoms with E-state index in [9.17, 15) is 4.79 Å². The molecule has 1 aromatic carbocycles. The molecule has 1 heterocycles. The largest absolute Gasteiger partial charge is 0.378 e. The van der Waals surface area contributed by atoms with E-state index >= 15 is 0 Å². The average molecular weight is 374 g/mol. The van der Waals surface area contributed by atoms with Crippen molar-refractivity contribution < 1.29 is 9.53 Å². The summed E-state index contributed by atoms with van der Waals surface area (Å²) in [6.45, 7) is 4.23. The van der Waals surface area contributed by atoms with Crippen molar-refractivity contribution in [1.82, 2.24) is 10.2 Å². The first-order valence-electron chi connectivity index (χ1n) is 10.8. The van der Waals surface area contributed by atoms with Crippen LogP contribution in [0, 0.1) is 0 Å². The van der Waals surface area contributed by atoms with Crippen molar-refractivity contribution in [3.05, 3.63) is 29.8 Å². The highest BCUT2D eigenvalue weighted by atomic mass is 16.5. The zero-order valence-electron chi connectivity index (χ0n) is 16.5. The summed E-state index contributed by atoms with van der Waals surface area (Å²) in [6.07, 6.45) is 11.8. The monoisotopic (exact) mass is 373 g/mol. The van der Waals surface area contributed by atoms with Crippen LogP contribution in [-0.4, -0.2) is 49.8 Å². The Balaban J connectivity index is 1.25. The lowest BCUT2D eigenvalue weighted by Crippen LogP contribution is -2.48. The average Bonchev–Trinajstić information content (AvgIpc) is 3.23. The predicted octanol–water partition coefficient (Wildman–Crippen LogP) is 4.19. The SMILES string of the molecule is O=C(Nc1ccc(CCCCCCOC2CCCC2)cc1)N1CCNCC1. The molecule has 0 unspecified atom stereocenters. The molecule has 0 radical (unpaired) electrons. The van der Waals surface area contributed by atoms with Crippen LogP contribution in [0.2, 0.25) is 0 Å². The molecular weight excluding hydrogens is 338 g/mol. The van der Waals surface area contributed by atoms with Crippen LogP contribution in [0.1, 0.15) is 56.9 Å². The number of rotatable bonds is 9. The zero-order chi connectivity index (χ0) is 18.7. The minimum atomic E-state index is 0.00377. The summed E-state index contributed by atoms with van der Waals surface area (Å²) in [6, 6.07) is 8.31. The van der Waals surface area contributed by atoms with Gasteiger partial charge in [-0.2, -0.15) is 0 Å². The van der Waals surface area contributed by atoms with Gasteiger partial charge < -0.3 is 20.3 Å². The smallest absolute Gasteiger partial charge is 0.321 e. The number of hydrogen-bond donors (Lipinski definition) is 2. The Labute approximate surface area is 163 Å². The molecule has 2 amide bonds. The zero-order valence-corrected chi connectivity index (χ0v) is 16.5. The van der Waals surface area contributed by atoms with Crippen molar-refractivity contribution >= 4 is 11.7 Å². The summed E-state index contributed by atoms with van der Waals surface area (Å²) in [5, 5.41) is 6.26. The summed E-state index contributed by atoms with van der Waals surface area (Å²) in [5.74, 6) is 0. The minimum absolute atomic E-state index is 0.00377. The van der Waals surface area contributed by atoms with E-state index in [-0.39, 0.29) is 6.03 Å². The molecule has 27 heavy (non-hydrogen) atoms. The molecule has 5 nitrogen and oxygen atoms in total. The number of unbranched alkanes of at least 4 members (excludes halogenated alkanes) is 3. The van der Waals surface area contributed by atoms with Crippen molar-refractivity contribution in [3.63, 3.8) is 0 Å². The minimum Gasteiger partial charge on any atom is -0.378 e. The molecule has 150 valence electrons. The number of nitrogens with one attached hydrogen (secondary N) is 2. The van der Waals surface area contributed by atoms with E-state index in [0.717, 1.165) is 44.9 Å². The standard InChI is InChI=1S/C22H35N3O2/c26-22(25-16-14-23-15-17-25)24-20-12-10-19(11-13-20)7-3-1-2-6-18-27-21-8-4-5-9-21/h10-13,21,23H,1-9,14-18H2,(H,24,26). The Bertz CT molecular complexity index is 549. The second kappa shape index (κ2) is 11.3. The molecule has 2 fully saturated rings. The van der Waals surface area contributed by atoms with Crippen molar-refractivity contribution in [2.75, 3.05) is 38.1 Å². The Morgan fingerprint density at radius 1 is 1.04 bits per heavy atom. The van der Waals surface area contributed by atoms with Crippen LogP contribution >= 0.6 is 0 Å². The van der Waals surface area contributed by atoms with Gasteiger partial charge in [-0.25, -0.2) is 4.79 Å². The molecule has 0 spiro atoms. The van der Waals surface area contributed by atoms with E-state index in [0.29, 0.717) is 6.10 Å². The molecule has 0 aromatic heterocycles. The Kier molecular flexibility index (Phi) is 8.43. The van der Waals surface area contributed by atoms with Crippen molar-refractivity contribution in [2.45, 2.75) is 63.9 Å². The number of nitrogens with zero attached hydrogens (tertiary/aromatic N) is 1. The maximum absolute atomic E-state index is 12.2. The Morgan fingerprint density at radius 3 is 2.48 bits per heavy atom. The summed E-state index contributed by atoms with van der Waals surface area (Å²) >= 11 is 0. The van der Waals surface area contributed by atoms with Crippen LogP contribution in [0.4, 0.5) is 10.5 Å². The van der Waals surface area contributed by atoms with Gasteiger partial charge >= 0.3 is 6.03 Å². The van der Waals surface area contributed by atoms with Gasteiger partial charge in [0.25, 0.3) is 0 Å². The molecule has 1 aromatic rings. The predicted molar refractivity (Wildman–Crippen MR) is 110 cm³/mol. The van der Waals surface area contributed by atoms with Crippen LogP contribution in [0.25, 0.3) is 0 Å². The quantitative estimate of drug-likeness (QED) is 0.638. The van der Waals surface area contributed by atoms with Crippen molar-refractivity contribution in [1.29, 1.82) is 0 Å². The van der Waals surface area contributed by atoms with Gasteiger partial charge in [-0.3, -0.25) is 0 Å². The highest BCUT2D eigenvalue weighted by Gasteiger charge is 2.16. The Hall–Kier alpha value is -1.59. The van der Waals surface area contributed by atoms with Gasteiger partial charge in [0.1, 0.15) is 0 Å². The van der Waals surface area contributed by atoms with Gasteiger partial charge in [-0.05, 0) is 49.8 Å². The number of carbonyl (C=O) groups is 1. The number of amides is 2. The summed E-state index contributed by atoms with van der Waals surface area (Å²) in [7, 11) is 0. The van der Waals surface area contributed by atoms with E-state index < -0.39 is 0 Å². The number of benzene rings is 1. The third kappa shape index (κ3) is 7.15. The van der Waals surface area contributed by atoms with E-state index in [1.54, 1.807) is 0 Å². The van der Waals surface area contributed by atoms with Crippen molar-refractivity contribution in [2.24, 2.45) is 0 Å². The number of piperazine rings is 1.